The summed E-state index contributed by atoms with van der Waals surface area (Å²) in [5.74, 6) is 0. The van der Waals surface area contributed by atoms with Crippen molar-refractivity contribution in [3.8, 4) is 0 Å². The molecule has 4 nitrogen and oxygen atoms in total. The highest BCUT2D eigenvalue weighted by Crippen LogP contribution is 2.22. The maximum atomic E-state index is 11.8. The molecule has 0 radical (unpaired) electrons. The summed E-state index contributed by atoms with van der Waals surface area (Å²) >= 11 is 0. The van der Waals surface area contributed by atoms with E-state index in [0.717, 1.165) is 32.6 Å². The van der Waals surface area contributed by atoms with Crippen molar-refractivity contribution in [1.82, 2.24) is 10.2 Å². The number of ether oxygens (including phenoxy) is 1. The second-order valence-electron chi connectivity index (χ2n) is 5.70. The van der Waals surface area contributed by atoms with Gasteiger partial charge in [0.05, 0.1) is 0 Å². The molecule has 0 bridgehead atoms. The van der Waals surface area contributed by atoms with Crippen molar-refractivity contribution >= 4 is 6.09 Å². The van der Waals surface area contributed by atoms with Gasteiger partial charge in [-0.2, -0.15) is 0 Å². The highest BCUT2D eigenvalue weighted by Gasteiger charge is 2.22. The summed E-state index contributed by atoms with van der Waals surface area (Å²) in [5.41, 5.74) is 0.198. The van der Waals surface area contributed by atoms with Gasteiger partial charge in [-0.1, -0.05) is 20.8 Å². The van der Waals surface area contributed by atoms with Crippen LogP contribution in [0.25, 0.3) is 0 Å². The van der Waals surface area contributed by atoms with Gasteiger partial charge in [0.15, 0.2) is 0 Å². The Morgan fingerprint density at radius 3 is 2.44 bits per heavy atom. The molecule has 94 valence electrons. The van der Waals surface area contributed by atoms with Gasteiger partial charge in [0.1, 0.15) is 6.10 Å². The quantitative estimate of drug-likeness (QED) is 0.784. The molecule has 1 rings (SSSR count). The predicted molar refractivity (Wildman–Crippen MR) is 64.5 cm³/mol. The average molecular weight is 228 g/mol. The largest absolute Gasteiger partial charge is 0.446 e. The fourth-order valence-corrected chi connectivity index (χ4v) is 2.00. The molecule has 1 aliphatic heterocycles. The highest BCUT2D eigenvalue weighted by molar-refractivity contribution is 5.67. The molecule has 1 heterocycles. The van der Waals surface area contributed by atoms with Crippen LogP contribution in [0.2, 0.25) is 0 Å². The van der Waals surface area contributed by atoms with Crippen LogP contribution < -0.4 is 5.32 Å². The van der Waals surface area contributed by atoms with Crippen molar-refractivity contribution in [3.63, 3.8) is 0 Å². The van der Waals surface area contributed by atoms with E-state index in [1.54, 1.807) is 4.90 Å². The molecule has 0 aromatic rings. The summed E-state index contributed by atoms with van der Waals surface area (Å²) in [6.07, 6.45) is 0.714. The third-order valence-electron chi connectivity index (χ3n) is 2.58. The molecular weight excluding hydrogens is 204 g/mol. The molecule has 1 amide bonds. The Morgan fingerprint density at radius 1 is 1.38 bits per heavy atom. The molecule has 0 aromatic carbocycles. The molecule has 1 N–H and O–H groups in total. The van der Waals surface area contributed by atoms with Crippen molar-refractivity contribution in [2.75, 3.05) is 26.2 Å². The molecule has 0 aliphatic carbocycles. The van der Waals surface area contributed by atoms with Crippen molar-refractivity contribution < 1.29 is 9.53 Å². The summed E-state index contributed by atoms with van der Waals surface area (Å²) in [4.78, 5) is 13.5. The zero-order valence-corrected chi connectivity index (χ0v) is 10.9. The number of nitrogens with zero attached hydrogens (tertiary/aromatic N) is 1. The molecule has 4 heteroatoms. The summed E-state index contributed by atoms with van der Waals surface area (Å²) in [5, 5.41) is 3.21. The van der Waals surface area contributed by atoms with E-state index in [9.17, 15) is 4.79 Å². The van der Waals surface area contributed by atoms with Crippen LogP contribution in [0.5, 0.6) is 0 Å². The maximum absolute atomic E-state index is 11.8. The summed E-state index contributed by atoms with van der Waals surface area (Å²) in [6.45, 7) is 11.7. The fraction of sp³-hybridized carbons (Fsp3) is 0.917. The first-order valence-electron chi connectivity index (χ1n) is 6.05. The first kappa shape index (κ1) is 13.3. The topological polar surface area (TPSA) is 41.6 Å². The van der Waals surface area contributed by atoms with Crippen LogP contribution in [0.4, 0.5) is 4.79 Å². The van der Waals surface area contributed by atoms with E-state index in [2.05, 4.69) is 26.1 Å². The Morgan fingerprint density at radius 2 is 1.94 bits per heavy atom. The van der Waals surface area contributed by atoms with Crippen LogP contribution in [-0.2, 0) is 4.74 Å². The van der Waals surface area contributed by atoms with E-state index >= 15 is 0 Å². The minimum absolute atomic E-state index is 0.0117. The zero-order valence-electron chi connectivity index (χ0n) is 10.9. The molecule has 1 saturated heterocycles. The van der Waals surface area contributed by atoms with E-state index in [1.807, 2.05) is 6.92 Å². The van der Waals surface area contributed by atoms with Crippen LogP contribution in [-0.4, -0.2) is 43.3 Å². The van der Waals surface area contributed by atoms with Crippen LogP contribution in [0, 0.1) is 5.41 Å². The fourth-order valence-electron chi connectivity index (χ4n) is 2.00. The number of hydrogen-bond donors (Lipinski definition) is 1. The standard InChI is InChI=1S/C12H24N2O2/c1-10(9-12(2,3)4)16-11(15)14-7-5-13-6-8-14/h10,13H,5-9H2,1-4H3/t10-/m1/s1. The zero-order chi connectivity index (χ0) is 12.2. The number of nitrogens with one attached hydrogen (secondary N) is 1. The first-order valence-corrected chi connectivity index (χ1v) is 6.05. The molecule has 1 atom stereocenters. The summed E-state index contributed by atoms with van der Waals surface area (Å²) < 4.78 is 5.43. The van der Waals surface area contributed by atoms with Crippen LogP contribution >= 0.6 is 0 Å². The van der Waals surface area contributed by atoms with Crippen LogP contribution in [0.15, 0.2) is 0 Å². The molecule has 0 aromatic heterocycles. The lowest BCUT2D eigenvalue weighted by molar-refractivity contribution is 0.0497. The smallest absolute Gasteiger partial charge is 0.410 e. The normalized spacial score (nSPS) is 19.4. The van der Waals surface area contributed by atoms with Gasteiger partial charge in [0.25, 0.3) is 0 Å². The Kier molecular flexibility index (Phi) is 4.59. The van der Waals surface area contributed by atoms with Crippen LogP contribution in [0.1, 0.15) is 34.1 Å². The van der Waals surface area contributed by atoms with Gasteiger partial charge in [-0.25, -0.2) is 4.79 Å². The lowest BCUT2D eigenvalue weighted by Crippen LogP contribution is -2.47. The first-order chi connectivity index (χ1) is 7.38. The Labute approximate surface area is 98.3 Å². The Hall–Kier alpha value is -0.770. The van der Waals surface area contributed by atoms with Crippen molar-refractivity contribution in [3.05, 3.63) is 0 Å². The SMILES string of the molecule is C[C@H](CC(C)(C)C)OC(=O)N1CCNCC1. The Bertz CT molecular complexity index is 230. The molecule has 0 unspecified atom stereocenters. The van der Waals surface area contributed by atoms with Gasteiger partial charge in [-0.3, -0.25) is 0 Å². The van der Waals surface area contributed by atoms with E-state index in [0.29, 0.717) is 0 Å². The van der Waals surface area contributed by atoms with E-state index < -0.39 is 0 Å². The van der Waals surface area contributed by atoms with E-state index in [4.69, 9.17) is 4.74 Å². The second-order valence-corrected chi connectivity index (χ2v) is 5.70. The van der Waals surface area contributed by atoms with Gasteiger partial charge >= 0.3 is 6.09 Å². The van der Waals surface area contributed by atoms with Gasteiger partial charge in [-0.05, 0) is 18.8 Å². The van der Waals surface area contributed by atoms with Crippen molar-refractivity contribution in [2.24, 2.45) is 5.41 Å². The number of rotatable bonds is 2. The number of hydrogen-bond acceptors (Lipinski definition) is 3. The highest BCUT2D eigenvalue weighted by atomic mass is 16.6. The van der Waals surface area contributed by atoms with Crippen LogP contribution in [0.3, 0.4) is 0 Å². The predicted octanol–water partition coefficient (Wildman–Crippen LogP) is 1.85. The minimum atomic E-state index is -0.168. The van der Waals surface area contributed by atoms with Crippen molar-refractivity contribution in [1.29, 1.82) is 0 Å². The molecule has 0 saturated carbocycles. The van der Waals surface area contributed by atoms with Gasteiger partial charge in [0, 0.05) is 26.2 Å². The van der Waals surface area contributed by atoms with Crippen molar-refractivity contribution in [2.45, 2.75) is 40.2 Å². The monoisotopic (exact) mass is 228 g/mol. The number of carbonyl (C=O) groups excluding carboxylic acids is 1. The van der Waals surface area contributed by atoms with E-state index in [-0.39, 0.29) is 17.6 Å². The average Bonchev–Trinajstić information content (AvgIpc) is 2.16. The molecular formula is C12H24N2O2. The Balaban J connectivity index is 2.32. The molecule has 1 fully saturated rings. The third kappa shape index (κ3) is 4.84. The molecule has 1 aliphatic rings. The van der Waals surface area contributed by atoms with Gasteiger partial charge < -0.3 is 15.0 Å². The number of carbonyl (C=O) groups is 1. The summed E-state index contributed by atoms with van der Waals surface area (Å²) in [6, 6.07) is 0. The lowest BCUT2D eigenvalue weighted by atomic mass is 9.90. The number of amides is 1. The third-order valence-corrected chi connectivity index (χ3v) is 2.58. The summed E-state index contributed by atoms with van der Waals surface area (Å²) in [7, 11) is 0. The van der Waals surface area contributed by atoms with Gasteiger partial charge in [-0.15, -0.1) is 0 Å². The maximum Gasteiger partial charge on any atom is 0.410 e. The lowest BCUT2D eigenvalue weighted by Gasteiger charge is -2.29. The molecule has 16 heavy (non-hydrogen) atoms. The minimum Gasteiger partial charge on any atom is -0.446 e. The van der Waals surface area contributed by atoms with Gasteiger partial charge in [0.2, 0.25) is 0 Å². The number of piperazine rings is 1. The van der Waals surface area contributed by atoms with E-state index in [1.165, 1.54) is 0 Å². The molecule has 0 spiro atoms. The second kappa shape index (κ2) is 5.53.